The Bertz CT molecular complexity index is 180. The van der Waals surface area contributed by atoms with E-state index in [0.717, 1.165) is 6.42 Å². The van der Waals surface area contributed by atoms with E-state index in [4.69, 9.17) is 11.8 Å². The van der Waals surface area contributed by atoms with E-state index in [-0.39, 0.29) is 0 Å². The van der Waals surface area contributed by atoms with Crippen molar-refractivity contribution < 1.29 is 4.89 Å². The van der Waals surface area contributed by atoms with E-state index in [1.54, 1.807) is 0 Å². The van der Waals surface area contributed by atoms with E-state index >= 15 is 0 Å². The molecule has 0 saturated heterocycles. The van der Waals surface area contributed by atoms with Crippen molar-refractivity contribution in [3.05, 3.63) is 0 Å². The van der Waals surface area contributed by atoms with Crippen molar-refractivity contribution in [2.75, 3.05) is 6.16 Å². The van der Waals surface area contributed by atoms with Crippen molar-refractivity contribution in [3.63, 3.8) is 0 Å². The Morgan fingerprint density at radius 3 is 2.17 bits per heavy atom. The molecule has 0 aromatic rings. The van der Waals surface area contributed by atoms with Crippen LogP contribution in [0.3, 0.4) is 0 Å². The third kappa shape index (κ3) is 9.05. The molecule has 1 N–H and O–H groups in total. The highest BCUT2D eigenvalue weighted by Crippen LogP contribution is 2.48. The average molecular weight is 226 g/mol. The lowest BCUT2D eigenvalue weighted by Gasteiger charge is -2.24. The van der Waals surface area contributed by atoms with E-state index in [0.29, 0.717) is 17.5 Å². The fraction of sp³-hybridized carbons (Fsp3) is 1.00. The van der Waals surface area contributed by atoms with Gasteiger partial charge in [0.05, 0.1) is 0 Å². The molecule has 0 bridgehead atoms. The monoisotopic (exact) mass is 226 g/mol. The summed E-state index contributed by atoms with van der Waals surface area (Å²) in [6, 6.07) is 0. The second-order valence-corrected chi connectivity index (χ2v) is 11.0. The maximum Gasteiger partial charge on any atom is 0.114 e. The highest BCUT2D eigenvalue weighted by Gasteiger charge is 2.19. The normalized spacial score (nSPS) is 20.2. The van der Waals surface area contributed by atoms with Crippen LogP contribution in [0.4, 0.5) is 0 Å². The van der Waals surface area contributed by atoms with E-state index in [2.05, 4.69) is 39.9 Å². The molecule has 2 unspecified atom stereocenters. The number of hydrogen-bond acceptors (Lipinski definition) is 1. The molecule has 0 aliphatic heterocycles. The van der Waals surface area contributed by atoms with Crippen molar-refractivity contribution in [1.82, 2.24) is 0 Å². The lowest BCUT2D eigenvalue weighted by molar-refractivity contribution is 0.321. The molecule has 12 heavy (non-hydrogen) atoms. The molecule has 0 heterocycles. The van der Waals surface area contributed by atoms with Gasteiger partial charge >= 0.3 is 0 Å². The largest absolute Gasteiger partial charge is 0.357 e. The van der Waals surface area contributed by atoms with Gasteiger partial charge in [-0.25, -0.2) is 0 Å². The molecule has 0 aliphatic rings. The highest BCUT2D eigenvalue weighted by molar-refractivity contribution is 8.61. The predicted molar refractivity (Wildman–Crippen MR) is 63.6 cm³/mol. The third-order valence-electron chi connectivity index (χ3n) is 1.51. The van der Waals surface area contributed by atoms with Crippen molar-refractivity contribution >= 4 is 29.5 Å². The van der Waals surface area contributed by atoms with Gasteiger partial charge in [-0.1, -0.05) is 39.5 Å². The van der Waals surface area contributed by atoms with Crippen molar-refractivity contribution in [2.24, 2.45) is 11.3 Å². The minimum Gasteiger partial charge on any atom is -0.357 e. The summed E-state index contributed by atoms with van der Waals surface area (Å²) < 4.78 is 0. The third-order valence-corrected chi connectivity index (χ3v) is 3.55. The molecule has 0 saturated carbocycles. The quantitative estimate of drug-likeness (QED) is 0.569. The standard InChI is InChI=1S/C8H19OPS2/c1-7(5-8(2,3)4)6-10(9,11)12/h7H,5-6H2,1-4H3,(H2,9,11,12). The Kier molecular flexibility index (Phi) is 4.81. The maximum absolute atomic E-state index is 9.38. The lowest BCUT2D eigenvalue weighted by atomic mass is 9.86. The summed E-state index contributed by atoms with van der Waals surface area (Å²) in [5.74, 6) is 0.471. The van der Waals surface area contributed by atoms with Gasteiger partial charge in [-0.2, -0.15) is 0 Å². The van der Waals surface area contributed by atoms with Crippen LogP contribution in [0.1, 0.15) is 34.1 Å². The van der Waals surface area contributed by atoms with Crippen molar-refractivity contribution in [1.29, 1.82) is 0 Å². The van der Waals surface area contributed by atoms with Gasteiger partial charge in [0.15, 0.2) is 0 Å². The second kappa shape index (κ2) is 4.45. The molecule has 0 radical (unpaired) electrons. The minimum absolute atomic E-state index is 0.317. The zero-order valence-electron chi connectivity index (χ0n) is 8.24. The van der Waals surface area contributed by atoms with Gasteiger partial charge in [0, 0.05) is 6.16 Å². The first-order valence-electron chi connectivity index (χ1n) is 4.15. The predicted octanol–water partition coefficient (Wildman–Crippen LogP) is 3.29. The number of rotatable bonds is 3. The molecule has 2 atom stereocenters. The fourth-order valence-electron chi connectivity index (χ4n) is 1.52. The van der Waals surface area contributed by atoms with Crippen LogP contribution >= 0.6 is 17.7 Å². The average Bonchev–Trinajstić information content (AvgIpc) is 1.49. The Hall–Kier alpha value is 0.960. The zero-order valence-corrected chi connectivity index (χ0v) is 10.8. The van der Waals surface area contributed by atoms with Gasteiger partial charge < -0.3 is 4.89 Å². The first kappa shape index (κ1) is 13.0. The Morgan fingerprint density at radius 1 is 1.50 bits per heavy atom. The van der Waals surface area contributed by atoms with E-state index in [1.807, 2.05) is 0 Å². The van der Waals surface area contributed by atoms with Gasteiger partial charge in [0.25, 0.3) is 0 Å². The smallest absolute Gasteiger partial charge is 0.114 e. The first-order valence-corrected chi connectivity index (χ1v) is 8.24. The molecular weight excluding hydrogens is 207 g/mol. The molecule has 0 fully saturated rings. The first-order chi connectivity index (χ1) is 5.10. The van der Waals surface area contributed by atoms with Gasteiger partial charge in [-0.05, 0) is 17.8 Å². The molecule has 1 nitrogen and oxygen atoms in total. The molecule has 4 heteroatoms. The molecular formula is C8H19OPS2. The maximum atomic E-state index is 9.38. The molecule has 0 rings (SSSR count). The van der Waals surface area contributed by atoms with Gasteiger partial charge in [0.2, 0.25) is 0 Å². The van der Waals surface area contributed by atoms with Crippen LogP contribution in [0, 0.1) is 11.3 Å². The summed E-state index contributed by atoms with van der Waals surface area (Å²) in [6.45, 7) is 8.72. The van der Waals surface area contributed by atoms with Crippen LogP contribution < -0.4 is 0 Å². The highest BCUT2D eigenvalue weighted by atomic mass is 32.9. The Morgan fingerprint density at radius 2 is 1.92 bits per heavy atom. The number of hydrogen-bond donors (Lipinski definition) is 2. The summed E-state index contributed by atoms with van der Waals surface area (Å²) in [7, 11) is 0. The molecule has 74 valence electrons. The minimum atomic E-state index is -2.28. The Balaban J connectivity index is 3.91. The van der Waals surface area contributed by atoms with Gasteiger partial charge in [0.1, 0.15) is 5.47 Å². The summed E-state index contributed by atoms with van der Waals surface area (Å²) in [5.41, 5.74) is -1.96. The van der Waals surface area contributed by atoms with Crippen molar-refractivity contribution in [3.8, 4) is 0 Å². The van der Waals surface area contributed by atoms with E-state index < -0.39 is 5.47 Å². The lowest BCUT2D eigenvalue weighted by Crippen LogP contribution is -2.13. The van der Waals surface area contributed by atoms with E-state index in [1.165, 1.54) is 0 Å². The number of thiol groups is 1. The van der Waals surface area contributed by atoms with E-state index in [9.17, 15) is 4.89 Å². The molecule has 0 amide bonds. The SMILES string of the molecule is CC(CC(C)(C)C)CP(O)(=S)S. The van der Waals surface area contributed by atoms with Crippen molar-refractivity contribution in [2.45, 2.75) is 34.1 Å². The molecule has 0 aromatic heterocycles. The molecule has 0 aromatic carbocycles. The van der Waals surface area contributed by atoms with Crippen LogP contribution in [0.5, 0.6) is 0 Å². The zero-order chi connectivity index (χ0) is 9.99. The topological polar surface area (TPSA) is 20.2 Å². The Labute approximate surface area is 86.2 Å². The fourth-order valence-corrected chi connectivity index (χ4v) is 4.06. The molecule has 0 aliphatic carbocycles. The van der Waals surface area contributed by atoms with Crippen LogP contribution in [-0.4, -0.2) is 11.1 Å². The van der Waals surface area contributed by atoms with Gasteiger partial charge in [-0.3, -0.25) is 0 Å². The van der Waals surface area contributed by atoms with Crippen LogP contribution in [0.15, 0.2) is 0 Å². The summed E-state index contributed by atoms with van der Waals surface area (Å²) in [5, 5.41) is 0. The summed E-state index contributed by atoms with van der Waals surface area (Å²) in [4.78, 5) is 9.38. The second-order valence-electron chi connectivity index (χ2n) is 4.72. The van der Waals surface area contributed by atoms with Crippen LogP contribution in [0.25, 0.3) is 0 Å². The molecule has 0 spiro atoms. The summed E-state index contributed by atoms with van der Waals surface area (Å²) in [6.07, 6.45) is 1.77. The van der Waals surface area contributed by atoms with Crippen LogP contribution in [-0.2, 0) is 11.8 Å². The van der Waals surface area contributed by atoms with Crippen LogP contribution in [0.2, 0.25) is 0 Å². The summed E-state index contributed by atoms with van der Waals surface area (Å²) >= 11 is 8.91. The van der Waals surface area contributed by atoms with Gasteiger partial charge in [-0.15, -0.1) is 12.2 Å².